The molecule has 200 valence electrons. The van der Waals surface area contributed by atoms with Crippen LogP contribution in [0.2, 0.25) is 0 Å². The molecule has 1 saturated carbocycles. The molecule has 1 N–H and O–H groups in total. The second-order valence-corrected chi connectivity index (χ2v) is 10.4. The molecule has 1 aromatic heterocycles. The highest BCUT2D eigenvalue weighted by atomic mass is 19.4. The van der Waals surface area contributed by atoms with Crippen molar-refractivity contribution in [3.8, 4) is 11.1 Å². The first-order chi connectivity index (χ1) is 17.7. The Balaban J connectivity index is 1.62. The van der Waals surface area contributed by atoms with Crippen LogP contribution in [0.1, 0.15) is 82.4 Å². The van der Waals surface area contributed by atoms with Crippen molar-refractivity contribution in [1.82, 2.24) is 15.2 Å². The van der Waals surface area contributed by atoms with Gasteiger partial charge in [-0.25, -0.2) is 0 Å². The summed E-state index contributed by atoms with van der Waals surface area (Å²) in [7, 11) is 0. The Morgan fingerprint density at radius 3 is 2.51 bits per heavy atom. The Hall–Kier alpha value is -2.90. The topological polar surface area (TPSA) is 62.3 Å². The molecule has 1 aliphatic heterocycles. The average Bonchev–Trinajstić information content (AvgIpc) is 3.41. The van der Waals surface area contributed by atoms with Gasteiger partial charge in [0, 0.05) is 30.4 Å². The highest BCUT2D eigenvalue weighted by molar-refractivity contribution is 5.89. The Kier molecular flexibility index (Phi) is 8.55. The summed E-state index contributed by atoms with van der Waals surface area (Å²) < 4.78 is 40.9. The highest BCUT2D eigenvalue weighted by Crippen LogP contribution is 2.39. The summed E-state index contributed by atoms with van der Waals surface area (Å²) in [6, 6.07) is 6.33. The quantitative estimate of drug-likeness (QED) is 0.455. The van der Waals surface area contributed by atoms with Gasteiger partial charge >= 0.3 is 6.18 Å². The summed E-state index contributed by atoms with van der Waals surface area (Å²) in [4.78, 5) is 32.9. The highest BCUT2D eigenvalue weighted by Gasteiger charge is 2.39. The van der Waals surface area contributed by atoms with E-state index in [-0.39, 0.29) is 35.3 Å². The van der Waals surface area contributed by atoms with E-state index < -0.39 is 17.8 Å². The molecule has 3 unspecified atom stereocenters. The van der Waals surface area contributed by atoms with Gasteiger partial charge in [0.25, 0.3) is 0 Å². The fourth-order valence-electron chi connectivity index (χ4n) is 5.65. The van der Waals surface area contributed by atoms with Gasteiger partial charge in [-0.1, -0.05) is 51.3 Å². The third kappa shape index (κ3) is 6.16. The van der Waals surface area contributed by atoms with Gasteiger partial charge in [0.2, 0.25) is 11.8 Å². The second kappa shape index (κ2) is 11.7. The van der Waals surface area contributed by atoms with E-state index in [2.05, 4.69) is 10.3 Å². The summed E-state index contributed by atoms with van der Waals surface area (Å²) in [6.45, 7) is 4.37. The van der Waals surface area contributed by atoms with Crippen molar-refractivity contribution in [2.24, 2.45) is 11.8 Å². The van der Waals surface area contributed by atoms with E-state index >= 15 is 0 Å². The Labute approximate surface area is 216 Å². The van der Waals surface area contributed by atoms with Crippen LogP contribution in [-0.4, -0.2) is 34.3 Å². The molecule has 2 aromatic rings. The summed E-state index contributed by atoms with van der Waals surface area (Å²) in [5.41, 5.74) is 0.453. The summed E-state index contributed by atoms with van der Waals surface area (Å²) in [5.74, 6) is -0.275. The molecule has 0 bridgehead atoms. The zero-order valence-electron chi connectivity index (χ0n) is 21.6. The zero-order valence-corrected chi connectivity index (χ0v) is 21.6. The minimum atomic E-state index is -4.48. The molecule has 1 saturated heterocycles. The molecule has 37 heavy (non-hydrogen) atoms. The number of hydrogen-bond donors (Lipinski definition) is 1. The molecule has 2 fully saturated rings. The van der Waals surface area contributed by atoms with Crippen molar-refractivity contribution in [2.45, 2.75) is 83.5 Å². The van der Waals surface area contributed by atoms with Gasteiger partial charge in [0.15, 0.2) is 0 Å². The third-order valence-electron chi connectivity index (χ3n) is 7.97. The minimum Gasteiger partial charge on any atom is -0.344 e. The van der Waals surface area contributed by atoms with Gasteiger partial charge in [-0.3, -0.25) is 14.6 Å². The van der Waals surface area contributed by atoms with Crippen molar-refractivity contribution in [3.63, 3.8) is 0 Å². The Morgan fingerprint density at radius 2 is 1.81 bits per heavy atom. The van der Waals surface area contributed by atoms with E-state index in [9.17, 15) is 22.8 Å². The van der Waals surface area contributed by atoms with Gasteiger partial charge in [0.05, 0.1) is 11.6 Å². The predicted octanol–water partition coefficient (Wildman–Crippen LogP) is 6.54. The number of pyridine rings is 1. The lowest BCUT2D eigenvalue weighted by atomic mass is 9.83. The number of nitrogens with one attached hydrogen (secondary N) is 1. The first-order valence-electron chi connectivity index (χ1n) is 13.4. The van der Waals surface area contributed by atoms with Gasteiger partial charge in [0.1, 0.15) is 6.04 Å². The Bertz CT molecular complexity index is 1100. The van der Waals surface area contributed by atoms with Gasteiger partial charge in [-0.05, 0) is 61.3 Å². The number of hydrogen-bond acceptors (Lipinski definition) is 3. The summed E-state index contributed by atoms with van der Waals surface area (Å²) in [6.07, 6.45) is 5.82. The molecule has 0 spiro atoms. The van der Waals surface area contributed by atoms with Crippen LogP contribution >= 0.6 is 0 Å². The van der Waals surface area contributed by atoms with Gasteiger partial charge < -0.3 is 10.2 Å². The van der Waals surface area contributed by atoms with E-state index in [0.29, 0.717) is 24.9 Å². The van der Waals surface area contributed by atoms with Crippen molar-refractivity contribution >= 4 is 11.8 Å². The molecular formula is C29H36F3N3O2. The average molecular weight is 516 g/mol. The molecular weight excluding hydrogens is 479 g/mol. The maximum Gasteiger partial charge on any atom is 0.417 e. The van der Waals surface area contributed by atoms with Crippen LogP contribution in [0.3, 0.4) is 0 Å². The lowest BCUT2D eigenvalue weighted by Gasteiger charge is -2.35. The number of likely N-dealkylation sites (tertiary alicyclic amines) is 1. The lowest BCUT2D eigenvalue weighted by Crippen LogP contribution is -2.53. The molecule has 4 rings (SSSR count). The van der Waals surface area contributed by atoms with Crippen molar-refractivity contribution < 1.29 is 22.8 Å². The number of aromatic nitrogens is 1. The molecule has 3 atom stereocenters. The van der Waals surface area contributed by atoms with Crippen LogP contribution in [0.5, 0.6) is 0 Å². The van der Waals surface area contributed by atoms with Gasteiger partial charge in [-0.15, -0.1) is 0 Å². The number of carbonyl (C=O) groups is 2. The van der Waals surface area contributed by atoms with E-state index in [1.807, 2.05) is 18.7 Å². The van der Waals surface area contributed by atoms with Crippen LogP contribution in [0, 0.1) is 11.8 Å². The molecule has 1 aromatic carbocycles. The number of halogens is 3. The fourth-order valence-corrected chi connectivity index (χ4v) is 5.65. The minimum absolute atomic E-state index is 0.0705. The standard InChI is InChI=1S/C29H36F3N3O2/c1-3-19(2)27(36)34-26(20-10-5-4-6-11-20)28(37)35-15-9-14-25(35)22-16-21(17-33-18-22)23-12-7-8-13-24(23)29(30,31)32/h7-8,12-13,16-20,25-26H,3-6,9-11,14-15H2,1-2H3,(H,34,36). The molecule has 8 heteroatoms. The number of nitrogens with zero attached hydrogens (tertiary/aromatic N) is 2. The van der Waals surface area contributed by atoms with E-state index in [4.69, 9.17) is 0 Å². The summed E-state index contributed by atoms with van der Waals surface area (Å²) >= 11 is 0. The number of carbonyl (C=O) groups excluding carboxylic acids is 2. The van der Waals surface area contributed by atoms with Crippen molar-refractivity contribution in [2.75, 3.05) is 6.54 Å². The molecule has 2 aliphatic rings. The van der Waals surface area contributed by atoms with Crippen LogP contribution in [0.15, 0.2) is 42.7 Å². The third-order valence-corrected chi connectivity index (χ3v) is 7.97. The maximum atomic E-state index is 14.0. The molecule has 1 aliphatic carbocycles. The van der Waals surface area contributed by atoms with E-state index in [0.717, 1.165) is 50.2 Å². The molecule has 5 nitrogen and oxygen atoms in total. The van der Waals surface area contributed by atoms with Crippen LogP contribution < -0.4 is 5.32 Å². The zero-order chi connectivity index (χ0) is 26.6. The monoisotopic (exact) mass is 515 g/mol. The Morgan fingerprint density at radius 1 is 1.08 bits per heavy atom. The summed E-state index contributed by atoms with van der Waals surface area (Å²) in [5, 5.41) is 3.08. The number of amides is 2. The number of benzene rings is 1. The number of alkyl halides is 3. The number of rotatable bonds is 7. The maximum absolute atomic E-state index is 14.0. The lowest BCUT2D eigenvalue weighted by molar-refractivity contribution is -0.140. The van der Waals surface area contributed by atoms with Gasteiger partial charge in [-0.2, -0.15) is 13.2 Å². The van der Waals surface area contributed by atoms with E-state index in [1.165, 1.54) is 18.3 Å². The van der Waals surface area contributed by atoms with Crippen LogP contribution in [0.4, 0.5) is 13.2 Å². The normalized spacial score (nSPS) is 20.5. The largest absolute Gasteiger partial charge is 0.417 e. The van der Waals surface area contributed by atoms with Crippen LogP contribution in [-0.2, 0) is 15.8 Å². The molecule has 2 heterocycles. The van der Waals surface area contributed by atoms with Crippen molar-refractivity contribution in [3.05, 3.63) is 53.9 Å². The van der Waals surface area contributed by atoms with Crippen LogP contribution in [0.25, 0.3) is 11.1 Å². The molecule has 2 amide bonds. The van der Waals surface area contributed by atoms with Crippen molar-refractivity contribution in [1.29, 1.82) is 0 Å². The predicted molar refractivity (Wildman–Crippen MR) is 136 cm³/mol. The smallest absolute Gasteiger partial charge is 0.344 e. The van der Waals surface area contributed by atoms with E-state index in [1.54, 1.807) is 18.3 Å². The second-order valence-electron chi connectivity index (χ2n) is 10.4. The molecule has 0 radical (unpaired) electrons. The SMILES string of the molecule is CCC(C)C(=O)NC(C(=O)N1CCCC1c1cncc(-c2ccccc2C(F)(F)F)c1)C1CCCCC1. The first-order valence-corrected chi connectivity index (χ1v) is 13.4. The first kappa shape index (κ1) is 27.1. The fraction of sp³-hybridized carbons (Fsp3) is 0.552.